The lowest BCUT2D eigenvalue weighted by Crippen LogP contribution is -2.40. The Kier molecular flexibility index (Phi) is 4.35. The molecule has 0 aromatic heterocycles. The number of amides is 1. The lowest BCUT2D eigenvalue weighted by atomic mass is 9.79. The highest BCUT2D eigenvalue weighted by molar-refractivity contribution is 5.99. The monoisotopic (exact) mass is 321 g/mol. The van der Waals surface area contributed by atoms with Crippen molar-refractivity contribution in [3.63, 3.8) is 0 Å². The van der Waals surface area contributed by atoms with E-state index in [4.69, 9.17) is 10.2 Å². The predicted octanol–water partition coefficient (Wildman–Crippen LogP) is 1.17. The standard InChI is InChI=1S/C15H15NO7/c17-11(9-4-2-1-3-5-9)7-15(13(20)21)6-10(12(18)19)16(8-15)14(22)23/h1-5,10H,6-8H2,(H,18,19)(H,20,21)(H,22,23)/t10-,15?/m0/s1. The van der Waals surface area contributed by atoms with Gasteiger partial charge in [-0.1, -0.05) is 30.3 Å². The Balaban J connectivity index is 2.31. The molecule has 1 aromatic carbocycles. The molecule has 8 heteroatoms. The summed E-state index contributed by atoms with van der Waals surface area (Å²) in [6.45, 7) is -0.535. The van der Waals surface area contributed by atoms with Crippen molar-refractivity contribution < 1.29 is 34.5 Å². The van der Waals surface area contributed by atoms with Gasteiger partial charge in [0.1, 0.15) is 6.04 Å². The molecule has 1 unspecified atom stereocenters. The molecule has 3 N–H and O–H groups in total. The number of ketones is 1. The van der Waals surface area contributed by atoms with Crippen molar-refractivity contribution in [3.05, 3.63) is 35.9 Å². The lowest BCUT2D eigenvalue weighted by molar-refractivity contribution is -0.148. The molecule has 0 aliphatic carbocycles. The van der Waals surface area contributed by atoms with Crippen LogP contribution in [0.25, 0.3) is 0 Å². The molecule has 2 atom stereocenters. The van der Waals surface area contributed by atoms with Crippen LogP contribution < -0.4 is 0 Å². The van der Waals surface area contributed by atoms with Crippen LogP contribution in [0.1, 0.15) is 23.2 Å². The summed E-state index contributed by atoms with van der Waals surface area (Å²) in [5.74, 6) is -3.27. The molecule has 23 heavy (non-hydrogen) atoms. The van der Waals surface area contributed by atoms with E-state index in [1.807, 2.05) is 0 Å². The largest absolute Gasteiger partial charge is 0.481 e. The molecule has 1 saturated heterocycles. The van der Waals surface area contributed by atoms with E-state index in [9.17, 15) is 24.3 Å². The Morgan fingerprint density at radius 3 is 2.13 bits per heavy atom. The number of nitrogens with zero attached hydrogens (tertiary/aromatic N) is 1. The Morgan fingerprint density at radius 1 is 1.09 bits per heavy atom. The van der Waals surface area contributed by atoms with E-state index in [2.05, 4.69) is 0 Å². The van der Waals surface area contributed by atoms with Crippen molar-refractivity contribution in [3.8, 4) is 0 Å². The number of carboxylic acid groups (broad SMARTS) is 3. The summed E-state index contributed by atoms with van der Waals surface area (Å²) in [6, 6.07) is 6.52. The first-order chi connectivity index (χ1) is 10.8. The summed E-state index contributed by atoms with van der Waals surface area (Å²) >= 11 is 0. The highest BCUT2D eigenvalue weighted by Gasteiger charge is 2.54. The zero-order valence-electron chi connectivity index (χ0n) is 12.0. The number of benzene rings is 1. The van der Waals surface area contributed by atoms with Gasteiger partial charge in [0, 0.05) is 18.5 Å². The van der Waals surface area contributed by atoms with Crippen molar-refractivity contribution in [1.82, 2.24) is 4.90 Å². The summed E-state index contributed by atoms with van der Waals surface area (Å²) in [5.41, 5.74) is -1.44. The van der Waals surface area contributed by atoms with E-state index < -0.39 is 54.7 Å². The number of likely N-dealkylation sites (tertiary alicyclic amines) is 1. The van der Waals surface area contributed by atoms with Crippen LogP contribution in [0.3, 0.4) is 0 Å². The van der Waals surface area contributed by atoms with Crippen LogP contribution >= 0.6 is 0 Å². The molecule has 1 amide bonds. The van der Waals surface area contributed by atoms with Gasteiger partial charge in [-0.25, -0.2) is 9.59 Å². The number of carbonyl (C=O) groups is 4. The third kappa shape index (κ3) is 3.15. The Hall–Kier alpha value is -2.90. The van der Waals surface area contributed by atoms with Gasteiger partial charge >= 0.3 is 18.0 Å². The molecule has 8 nitrogen and oxygen atoms in total. The van der Waals surface area contributed by atoms with E-state index in [1.165, 1.54) is 12.1 Å². The number of carboxylic acids is 2. The highest BCUT2D eigenvalue weighted by atomic mass is 16.4. The van der Waals surface area contributed by atoms with Crippen LogP contribution in [0.2, 0.25) is 0 Å². The third-order valence-corrected chi connectivity index (χ3v) is 4.01. The molecule has 1 aliphatic rings. The van der Waals surface area contributed by atoms with E-state index in [1.54, 1.807) is 18.2 Å². The van der Waals surface area contributed by atoms with Crippen molar-refractivity contribution in [2.24, 2.45) is 5.41 Å². The van der Waals surface area contributed by atoms with Crippen molar-refractivity contribution in [2.75, 3.05) is 6.54 Å². The zero-order chi connectivity index (χ0) is 17.2. The van der Waals surface area contributed by atoms with Gasteiger partial charge in [-0.2, -0.15) is 0 Å². The smallest absolute Gasteiger partial charge is 0.408 e. The van der Waals surface area contributed by atoms with Crippen LogP contribution in [0.4, 0.5) is 4.79 Å². The Bertz CT molecular complexity index is 633. The van der Waals surface area contributed by atoms with Crippen LogP contribution in [-0.4, -0.2) is 56.6 Å². The van der Waals surface area contributed by atoms with Crippen LogP contribution in [0, 0.1) is 5.41 Å². The molecule has 0 saturated carbocycles. The van der Waals surface area contributed by atoms with Gasteiger partial charge in [0.25, 0.3) is 0 Å². The van der Waals surface area contributed by atoms with Crippen molar-refractivity contribution in [2.45, 2.75) is 18.9 Å². The number of hydrogen-bond donors (Lipinski definition) is 3. The number of Topliss-reactive ketones (excluding diaryl/α,β-unsaturated/α-hetero) is 1. The minimum absolute atomic E-state index is 0.300. The van der Waals surface area contributed by atoms with E-state index >= 15 is 0 Å². The summed E-state index contributed by atoms with van der Waals surface area (Å²) in [6.07, 6.45) is -2.42. The zero-order valence-corrected chi connectivity index (χ0v) is 12.0. The Labute approximate surface area is 130 Å². The molecule has 1 aliphatic heterocycles. The second-order valence-electron chi connectivity index (χ2n) is 5.52. The second kappa shape index (κ2) is 6.07. The first-order valence-electron chi connectivity index (χ1n) is 6.81. The average molecular weight is 321 g/mol. The molecule has 0 radical (unpaired) electrons. The molecular weight excluding hydrogens is 306 g/mol. The van der Waals surface area contributed by atoms with Crippen LogP contribution in [0.5, 0.6) is 0 Å². The van der Waals surface area contributed by atoms with E-state index in [0.29, 0.717) is 10.5 Å². The maximum Gasteiger partial charge on any atom is 0.408 e. The van der Waals surface area contributed by atoms with Crippen LogP contribution in [0.15, 0.2) is 30.3 Å². The van der Waals surface area contributed by atoms with Gasteiger partial charge in [0.15, 0.2) is 5.78 Å². The van der Waals surface area contributed by atoms with Gasteiger partial charge in [0.2, 0.25) is 0 Å². The molecule has 0 spiro atoms. The fraction of sp³-hybridized carbons (Fsp3) is 0.333. The third-order valence-electron chi connectivity index (χ3n) is 4.01. The summed E-state index contributed by atoms with van der Waals surface area (Å²) in [4.78, 5) is 46.9. The number of hydrogen-bond acceptors (Lipinski definition) is 4. The van der Waals surface area contributed by atoms with Gasteiger partial charge in [0.05, 0.1) is 5.41 Å². The number of carbonyl (C=O) groups excluding carboxylic acids is 1. The van der Waals surface area contributed by atoms with Crippen molar-refractivity contribution in [1.29, 1.82) is 0 Å². The minimum atomic E-state index is -1.74. The maximum absolute atomic E-state index is 12.3. The fourth-order valence-electron chi connectivity index (χ4n) is 2.79. The SMILES string of the molecule is O=C(CC1(C(=O)O)C[C@@H](C(=O)O)N(C(=O)O)C1)c1ccccc1. The molecule has 2 rings (SSSR count). The fourth-order valence-corrected chi connectivity index (χ4v) is 2.79. The first-order valence-corrected chi connectivity index (χ1v) is 6.81. The van der Waals surface area contributed by atoms with E-state index in [0.717, 1.165) is 0 Å². The summed E-state index contributed by atoms with van der Waals surface area (Å²) in [5, 5.41) is 27.7. The van der Waals surface area contributed by atoms with Crippen LogP contribution in [-0.2, 0) is 9.59 Å². The second-order valence-corrected chi connectivity index (χ2v) is 5.52. The molecular formula is C15H15NO7. The van der Waals surface area contributed by atoms with Gasteiger partial charge in [-0.15, -0.1) is 0 Å². The number of aliphatic carboxylic acids is 2. The minimum Gasteiger partial charge on any atom is -0.481 e. The first kappa shape index (κ1) is 16.5. The molecule has 1 fully saturated rings. The molecule has 0 bridgehead atoms. The normalized spacial score (nSPS) is 23.5. The summed E-state index contributed by atoms with van der Waals surface area (Å²) in [7, 11) is 0. The van der Waals surface area contributed by atoms with Gasteiger partial charge in [-0.3, -0.25) is 14.5 Å². The van der Waals surface area contributed by atoms with E-state index in [-0.39, 0.29) is 0 Å². The summed E-state index contributed by atoms with van der Waals surface area (Å²) < 4.78 is 0. The van der Waals surface area contributed by atoms with Gasteiger partial charge < -0.3 is 15.3 Å². The molecule has 1 aromatic rings. The number of rotatable bonds is 5. The lowest BCUT2D eigenvalue weighted by Gasteiger charge is -2.22. The predicted molar refractivity (Wildman–Crippen MR) is 76.2 cm³/mol. The Morgan fingerprint density at radius 2 is 1.70 bits per heavy atom. The molecule has 122 valence electrons. The van der Waals surface area contributed by atoms with Crippen molar-refractivity contribution >= 4 is 23.8 Å². The highest BCUT2D eigenvalue weighted by Crippen LogP contribution is 2.39. The maximum atomic E-state index is 12.3. The van der Waals surface area contributed by atoms with Gasteiger partial charge in [-0.05, 0) is 6.42 Å². The quantitative estimate of drug-likeness (QED) is 0.693. The molecule has 1 heterocycles. The topological polar surface area (TPSA) is 132 Å². The average Bonchev–Trinajstić information content (AvgIpc) is 2.90.